The van der Waals surface area contributed by atoms with Crippen LogP contribution in [-0.2, 0) is 11.3 Å². The van der Waals surface area contributed by atoms with Gasteiger partial charge in [0, 0.05) is 19.0 Å². The Kier molecular flexibility index (Phi) is 9.88. The standard InChI is InChI=1S/C19H33N3O3/c1-5-9-10-15(8-4)19(24)22(12-7-3)13-17-21-16(14-25-17)18(23)20-11-6-2/h14-15H,5-13H2,1-4H3,(H,20,23)/t15-/m0/s1. The van der Waals surface area contributed by atoms with E-state index < -0.39 is 0 Å². The number of carbonyl (C=O) groups is 2. The summed E-state index contributed by atoms with van der Waals surface area (Å²) < 4.78 is 5.42. The molecule has 0 aliphatic carbocycles. The van der Waals surface area contributed by atoms with Crippen LogP contribution in [0.4, 0.5) is 0 Å². The number of nitrogens with one attached hydrogen (secondary N) is 1. The third kappa shape index (κ3) is 6.88. The Morgan fingerprint density at radius 3 is 2.56 bits per heavy atom. The fourth-order valence-electron chi connectivity index (χ4n) is 2.73. The SMILES string of the molecule is CCCC[C@H](CC)C(=O)N(CCC)Cc1nc(C(=O)NCCC)co1. The molecule has 25 heavy (non-hydrogen) atoms. The van der Waals surface area contributed by atoms with E-state index in [2.05, 4.69) is 24.1 Å². The molecule has 0 aromatic carbocycles. The van der Waals surface area contributed by atoms with Gasteiger partial charge in [0.15, 0.2) is 5.69 Å². The lowest BCUT2D eigenvalue weighted by molar-refractivity contribution is -0.137. The lowest BCUT2D eigenvalue weighted by Crippen LogP contribution is -2.36. The molecule has 0 bridgehead atoms. The van der Waals surface area contributed by atoms with Crippen LogP contribution in [0.2, 0.25) is 0 Å². The Morgan fingerprint density at radius 2 is 1.96 bits per heavy atom. The molecule has 0 saturated carbocycles. The van der Waals surface area contributed by atoms with Crippen molar-refractivity contribution in [2.75, 3.05) is 13.1 Å². The normalized spacial score (nSPS) is 12.0. The predicted octanol–water partition coefficient (Wildman–Crippen LogP) is 3.77. The predicted molar refractivity (Wildman–Crippen MR) is 98.1 cm³/mol. The molecular formula is C19H33N3O3. The first-order valence-corrected chi connectivity index (χ1v) is 9.58. The second-order valence-electron chi connectivity index (χ2n) is 6.39. The third-order valence-electron chi connectivity index (χ3n) is 4.20. The number of unbranched alkanes of at least 4 members (excludes halogenated alkanes) is 1. The molecule has 0 unspecified atom stereocenters. The van der Waals surface area contributed by atoms with E-state index >= 15 is 0 Å². The van der Waals surface area contributed by atoms with Crippen LogP contribution in [0, 0.1) is 5.92 Å². The number of oxazole rings is 1. The van der Waals surface area contributed by atoms with E-state index in [0.29, 0.717) is 25.5 Å². The van der Waals surface area contributed by atoms with E-state index in [4.69, 9.17) is 4.42 Å². The van der Waals surface area contributed by atoms with Gasteiger partial charge in [0.05, 0.1) is 6.54 Å². The first-order chi connectivity index (χ1) is 12.1. The molecule has 0 saturated heterocycles. The van der Waals surface area contributed by atoms with Crippen LogP contribution in [0.15, 0.2) is 10.7 Å². The van der Waals surface area contributed by atoms with Gasteiger partial charge in [-0.25, -0.2) is 4.98 Å². The lowest BCUT2D eigenvalue weighted by atomic mass is 9.97. The minimum Gasteiger partial charge on any atom is -0.446 e. The summed E-state index contributed by atoms with van der Waals surface area (Å²) in [6, 6.07) is 0. The molecule has 1 heterocycles. The summed E-state index contributed by atoms with van der Waals surface area (Å²) >= 11 is 0. The van der Waals surface area contributed by atoms with Gasteiger partial charge in [-0.1, -0.05) is 40.5 Å². The van der Waals surface area contributed by atoms with Gasteiger partial charge in [0.2, 0.25) is 11.8 Å². The van der Waals surface area contributed by atoms with E-state index in [-0.39, 0.29) is 23.4 Å². The summed E-state index contributed by atoms with van der Waals surface area (Å²) in [5, 5.41) is 2.77. The first-order valence-electron chi connectivity index (χ1n) is 9.58. The minimum absolute atomic E-state index is 0.0498. The van der Waals surface area contributed by atoms with E-state index in [1.54, 1.807) is 0 Å². The monoisotopic (exact) mass is 351 g/mol. The summed E-state index contributed by atoms with van der Waals surface area (Å²) in [7, 11) is 0. The molecule has 0 aliphatic rings. The largest absolute Gasteiger partial charge is 0.446 e. The summed E-state index contributed by atoms with van der Waals surface area (Å²) in [5.41, 5.74) is 0.269. The van der Waals surface area contributed by atoms with E-state index in [1.807, 2.05) is 18.7 Å². The maximum atomic E-state index is 12.8. The Bertz CT molecular complexity index is 528. The van der Waals surface area contributed by atoms with Crippen molar-refractivity contribution in [1.29, 1.82) is 0 Å². The topological polar surface area (TPSA) is 75.4 Å². The molecule has 1 atom stereocenters. The summed E-state index contributed by atoms with van der Waals surface area (Å²) in [6.45, 7) is 9.83. The van der Waals surface area contributed by atoms with E-state index in [1.165, 1.54) is 6.26 Å². The summed E-state index contributed by atoms with van der Waals surface area (Å²) in [4.78, 5) is 30.8. The lowest BCUT2D eigenvalue weighted by Gasteiger charge is -2.25. The van der Waals surface area contributed by atoms with Gasteiger partial charge >= 0.3 is 0 Å². The van der Waals surface area contributed by atoms with Crippen molar-refractivity contribution in [2.24, 2.45) is 5.92 Å². The number of nitrogens with zero attached hydrogens (tertiary/aromatic N) is 2. The van der Waals surface area contributed by atoms with Crippen molar-refractivity contribution in [1.82, 2.24) is 15.2 Å². The van der Waals surface area contributed by atoms with Gasteiger partial charge in [-0.05, 0) is 25.7 Å². The molecule has 1 N–H and O–H groups in total. The second-order valence-corrected chi connectivity index (χ2v) is 6.39. The zero-order chi connectivity index (χ0) is 18.7. The molecule has 0 radical (unpaired) electrons. The van der Waals surface area contributed by atoms with Crippen LogP contribution in [-0.4, -0.2) is 34.8 Å². The zero-order valence-corrected chi connectivity index (χ0v) is 16.1. The average molecular weight is 351 g/mol. The molecule has 1 aromatic rings. The van der Waals surface area contributed by atoms with Crippen LogP contribution >= 0.6 is 0 Å². The fourth-order valence-corrected chi connectivity index (χ4v) is 2.73. The van der Waals surface area contributed by atoms with Crippen molar-refractivity contribution >= 4 is 11.8 Å². The molecule has 6 heteroatoms. The van der Waals surface area contributed by atoms with Gasteiger partial charge in [0.1, 0.15) is 6.26 Å². The number of rotatable bonds is 12. The molecule has 0 fully saturated rings. The molecule has 1 aromatic heterocycles. The highest BCUT2D eigenvalue weighted by Gasteiger charge is 2.24. The average Bonchev–Trinajstić information content (AvgIpc) is 3.08. The van der Waals surface area contributed by atoms with E-state index in [9.17, 15) is 9.59 Å². The molecular weight excluding hydrogens is 318 g/mol. The maximum Gasteiger partial charge on any atom is 0.273 e. The number of carbonyl (C=O) groups excluding carboxylic acids is 2. The van der Waals surface area contributed by atoms with Gasteiger partial charge in [-0.2, -0.15) is 0 Å². The van der Waals surface area contributed by atoms with Crippen LogP contribution in [0.5, 0.6) is 0 Å². The summed E-state index contributed by atoms with van der Waals surface area (Å²) in [6.07, 6.45) is 7.02. The molecule has 142 valence electrons. The highest BCUT2D eigenvalue weighted by atomic mass is 16.3. The smallest absolute Gasteiger partial charge is 0.273 e. The highest BCUT2D eigenvalue weighted by molar-refractivity contribution is 5.91. The van der Waals surface area contributed by atoms with Crippen LogP contribution in [0.1, 0.15) is 82.6 Å². The number of aromatic nitrogens is 1. The Labute approximate surface area is 151 Å². The van der Waals surface area contributed by atoms with Gasteiger partial charge in [-0.3, -0.25) is 9.59 Å². The number of amides is 2. The number of hydrogen-bond donors (Lipinski definition) is 1. The van der Waals surface area contributed by atoms with Crippen LogP contribution in [0.25, 0.3) is 0 Å². The minimum atomic E-state index is -0.236. The molecule has 0 spiro atoms. The van der Waals surface area contributed by atoms with Gasteiger partial charge in [0.25, 0.3) is 5.91 Å². The Hall–Kier alpha value is -1.85. The third-order valence-corrected chi connectivity index (χ3v) is 4.20. The second kappa shape index (κ2) is 11.7. The highest BCUT2D eigenvalue weighted by Crippen LogP contribution is 2.18. The Morgan fingerprint density at radius 1 is 1.20 bits per heavy atom. The zero-order valence-electron chi connectivity index (χ0n) is 16.1. The van der Waals surface area contributed by atoms with Crippen LogP contribution in [0.3, 0.4) is 0 Å². The van der Waals surface area contributed by atoms with Crippen molar-refractivity contribution in [3.63, 3.8) is 0 Å². The van der Waals surface area contributed by atoms with Gasteiger partial charge in [-0.15, -0.1) is 0 Å². The first kappa shape index (κ1) is 21.2. The quantitative estimate of drug-likeness (QED) is 0.622. The number of hydrogen-bond acceptors (Lipinski definition) is 4. The Balaban J connectivity index is 2.75. The van der Waals surface area contributed by atoms with Crippen LogP contribution < -0.4 is 5.32 Å². The van der Waals surface area contributed by atoms with Crippen molar-refractivity contribution in [2.45, 2.75) is 72.8 Å². The summed E-state index contributed by atoms with van der Waals surface area (Å²) in [5.74, 6) is 0.384. The fraction of sp³-hybridized carbons (Fsp3) is 0.737. The molecule has 2 amide bonds. The molecule has 6 nitrogen and oxygen atoms in total. The van der Waals surface area contributed by atoms with Gasteiger partial charge < -0.3 is 14.6 Å². The maximum absolute atomic E-state index is 12.8. The molecule has 1 rings (SSSR count). The van der Waals surface area contributed by atoms with Crippen molar-refractivity contribution < 1.29 is 14.0 Å². The molecule has 0 aliphatic heterocycles. The van der Waals surface area contributed by atoms with E-state index in [0.717, 1.165) is 38.5 Å². The van der Waals surface area contributed by atoms with Crippen molar-refractivity contribution in [3.8, 4) is 0 Å². The van der Waals surface area contributed by atoms with Crippen molar-refractivity contribution in [3.05, 3.63) is 17.8 Å².